The van der Waals surface area contributed by atoms with E-state index in [-0.39, 0.29) is 6.79 Å². The zero-order valence-corrected chi connectivity index (χ0v) is 13.0. The molecule has 3 heterocycles. The number of amides is 1. The van der Waals surface area contributed by atoms with Crippen LogP contribution in [0.25, 0.3) is 11.3 Å². The van der Waals surface area contributed by atoms with Crippen molar-refractivity contribution in [2.75, 3.05) is 6.79 Å². The average molecular weight is 335 g/mol. The van der Waals surface area contributed by atoms with Crippen molar-refractivity contribution >= 4 is 12.1 Å². The smallest absolute Gasteiger partial charge is 0.289 e. The molecule has 0 aliphatic carbocycles. The summed E-state index contributed by atoms with van der Waals surface area (Å²) in [5.41, 5.74) is 4.81. The zero-order chi connectivity index (χ0) is 17.1. The molecular weight excluding hydrogens is 322 g/mol. The Hall–Kier alpha value is -3.68. The lowest BCUT2D eigenvalue weighted by atomic mass is 10.1. The predicted molar refractivity (Wildman–Crippen MR) is 89.4 cm³/mol. The number of hydrogen-bond donors (Lipinski definition) is 2. The summed E-state index contributed by atoms with van der Waals surface area (Å²) >= 11 is 0. The second-order valence-corrected chi connectivity index (χ2v) is 5.19. The fraction of sp³-hybridized carbons (Fsp3) is 0.0588. The van der Waals surface area contributed by atoms with Crippen molar-refractivity contribution in [1.82, 2.24) is 20.6 Å². The Balaban J connectivity index is 1.45. The van der Waals surface area contributed by atoms with Crippen molar-refractivity contribution in [2.45, 2.75) is 0 Å². The number of carbonyl (C=O) groups excluding carboxylic acids is 1. The number of aromatic nitrogens is 3. The van der Waals surface area contributed by atoms with E-state index in [9.17, 15) is 4.79 Å². The van der Waals surface area contributed by atoms with Crippen LogP contribution in [0.15, 0.2) is 53.8 Å². The van der Waals surface area contributed by atoms with Gasteiger partial charge in [-0.05, 0) is 36.4 Å². The molecule has 8 nitrogen and oxygen atoms in total. The first-order valence-corrected chi connectivity index (χ1v) is 7.49. The second kappa shape index (κ2) is 6.44. The van der Waals surface area contributed by atoms with Gasteiger partial charge in [-0.15, -0.1) is 0 Å². The van der Waals surface area contributed by atoms with E-state index < -0.39 is 5.91 Å². The van der Waals surface area contributed by atoms with Crippen LogP contribution in [0.5, 0.6) is 11.5 Å². The van der Waals surface area contributed by atoms with Crippen LogP contribution in [0.4, 0.5) is 0 Å². The number of fused-ring (bicyclic) bond motifs is 1. The third kappa shape index (κ3) is 3.18. The molecule has 2 aromatic heterocycles. The lowest BCUT2D eigenvalue weighted by Gasteiger charge is -1.99. The maximum absolute atomic E-state index is 12.1. The number of rotatable bonds is 4. The van der Waals surface area contributed by atoms with Gasteiger partial charge in [0.25, 0.3) is 5.91 Å². The van der Waals surface area contributed by atoms with Crippen molar-refractivity contribution in [2.24, 2.45) is 5.10 Å². The van der Waals surface area contributed by atoms with Crippen LogP contribution in [-0.4, -0.2) is 34.1 Å². The van der Waals surface area contributed by atoms with Crippen molar-refractivity contribution in [3.8, 4) is 22.8 Å². The molecule has 1 aliphatic heterocycles. The number of carbonyl (C=O) groups is 1. The molecule has 0 atom stereocenters. The molecule has 25 heavy (non-hydrogen) atoms. The summed E-state index contributed by atoms with van der Waals surface area (Å²) in [5.74, 6) is 0.958. The minimum absolute atomic E-state index is 0.210. The minimum atomic E-state index is -0.397. The van der Waals surface area contributed by atoms with Crippen LogP contribution in [0.2, 0.25) is 0 Å². The molecule has 0 fully saturated rings. The Bertz CT molecular complexity index is 936. The van der Waals surface area contributed by atoms with Gasteiger partial charge in [0.15, 0.2) is 11.5 Å². The molecule has 4 rings (SSSR count). The second-order valence-electron chi connectivity index (χ2n) is 5.19. The van der Waals surface area contributed by atoms with Crippen molar-refractivity contribution in [1.29, 1.82) is 0 Å². The molecule has 2 N–H and O–H groups in total. The van der Waals surface area contributed by atoms with Crippen LogP contribution in [0.3, 0.4) is 0 Å². The molecule has 1 amide bonds. The number of ether oxygens (including phenoxy) is 2. The predicted octanol–water partition coefficient (Wildman–Crippen LogP) is 1.96. The normalized spacial score (nSPS) is 12.5. The van der Waals surface area contributed by atoms with Crippen molar-refractivity contribution < 1.29 is 14.3 Å². The number of aromatic amines is 1. The molecule has 0 radical (unpaired) electrons. The van der Waals surface area contributed by atoms with Gasteiger partial charge in [-0.3, -0.25) is 14.9 Å². The highest BCUT2D eigenvalue weighted by Crippen LogP contribution is 2.35. The average Bonchev–Trinajstić information content (AvgIpc) is 3.31. The molecule has 0 bridgehead atoms. The Morgan fingerprint density at radius 2 is 2.12 bits per heavy atom. The number of pyridine rings is 1. The maximum atomic E-state index is 12.1. The van der Waals surface area contributed by atoms with E-state index in [4.69, 9.17) is 9.47 Å². The quantitative estimate of drug-likeness (QED) is 0.561. The minimum Gasteiger partial charge on any atom is -0.454 e. The molecule has 0 saturated heterocycles. The highest BCUT2D eigenvalue weighted by molar-refractivity contribution is 5.94. The molecule has 3 aromatic rings. The first-order chi connectivity index (χ1) is 12.3. The maximum Gasteiger partial charge on any atom is 0.289 e. The van der Waals surface area contributed by atoms with Crippen LogP contribution < -0.4 is 14.9 Å². The van der Waals surface area contributed by atoms with E-state index in [2.05, 4.69) is 25.7 Å². The van der Waals surface area contributed by atoms with Gasteiger partial charge in [0.1, 0.15) is 5.69 Å². The molecule has 8 heteroatoms. The molecule has 1 aliphatic rings. The summed E-state index contributed by atoms with van der Waals surface area (Å²) in [4.78, 5) is 16.2. The van der Waals surface area contributed by atoms with E-state index >= 15 is 0 Å². The Morgan fingerprint density at radius 1 is 1.20 bits per heavy atom. The summed E-state index contributed by atoms with van der Waals surface area (Å²) in [6.07, 6.45) is 3.11. The summed E-state index contributed by atoms with van der Waals surface area (Å²) in [7, 11) is 0. The van der Waals surface area contributed by atoms with Gasteiger partial charge in [-0.25, -0.2) is 5.43 Å². The molecule has 0 unspecified atom stereocenters. The lowest BCUT2D eigenvalue weighted by molar-refractivity contribution is 0.0950. The third-order valence-corrected chi connectivity index (χ3v) is 3.54. The fourth-order valence-corrected chi connectivity index (χ4v) is 2.31. The monoisotopic (exact) mass is 335 g/mol. The van der Waals surface area contributed by atoms with Gasteiger partial charge in [0.2, 0.25) is 6.79 Å². The van der Waals surface area contributed by atoms with Gasteiger partial charge in [0.05, 0.1) is 17.6 Å². The topological polar surface area (TPSA) is 101 Å². The van der Waals surface area contributed by atoms with Gasteiger partial charge in [-0.2, -0.15) is 10.2 Å². The molecule has 124 valence electrons. The van der Waals surface area contributed by atoms with Gasteiger partial charge in [0, 0.05) is 11.8 Å². The van der Waals surface area contributed by atoms with Crippen LogP contribution in [-0.2, 0) is 0 Å². The van der Waals surface area contributed by atoms with E-state index in [1.807, 2.05) is 24.3 Å². The summed E-state index contributed by atoms with van der Waals surface area (Å²) in [6, 6.07) is 12.5. The number of nitrogens with one attached hydrogen (secondary N) is 2. The third-order valence-electron chi connectivity index (χ3n) is 3.54. The van der Waals surface area contributed by atoms with E-state index in [0.29, 0.717) is 28.6 Å². The van der Waals surface area contributed by atoms with Gasteiger partial charge in [-0.1, -0.05) is 6.07 Å². The van der Waals surface area contributed by atoms with Gasteiger partial charge >= 0.3 is 0 Å². The Morgan fingerprint density at radius 3 is 3.00 bits per heavy atom. The highest BCUT2D eigenvalue weighted by Gasteiger charge is 2.16. The number of benzene rings is 1. The van der Waals surface area contributed by atoms with E-state index in [0.717, 1.165) is 5.56 Å². The Kier molecular flexibility index (Phi) is 3.83. The number of hydrazone groups is 1. The lowest BCUT2D eigenvalue weighted by Crippen LogP contribution is -2.18. The summed E-state index contributed by atoms with van der Waals surface area (Å²) in [5, 5.41) is 10.7. The number of H-pyrrole nitrogens is 1. The Labute approximate surface area is 142 Å². The first-order valence-electron chi connectivity index (χ1n) is 7.49. The molecule has 0 saturated carbocycles. The van der Waals surface area contributed by atoms with Crippen LogP contribution in [0.1, 0.15) is 16.2 Å². The standard InChI is InChI=1S/C17H13N5O3/c23-17(22-19-9-12-3-1-2-6-18-12)14-8-13(20-21-14)11-4-5-15-16(7-11)25-10-24-15/h1-9H,10H2,(H,20,21)(H,22,23)/b19-9+. The number of hydrogen-bond acceptors (Lipinski definition) is 6. The van der Waals surface area contributed by atoms with E-state index in [1.54, 1.807) is 24.4 Å². The van der Waals surface area contributed by atoms with E-state index in [1.165, 1.54) is 6.21 Å². The molecule has 1 aromatic carbocycles. The highest BCUT2D eigenvalue weighted by atomic mass is 16.7. The SMILES string of the molecule is O=C(N/N=C/c1ccccn1)c1cc(-c2ccc3c(c2)OCO3)n[nH]1. The van der Waals surface area contributed by atoms with Crippen LogP contribution >= 0.6 is 0 Å². The van der Waals surface area contributed by atoms with Gasteiger partial charge < -0.3 is 9.47 Å². The van der Waals surface area contributed by atoms with Crippen molar-refractivity contribution in [3.63, 3.8) is 0 Å². The zero-order valence-electron chi connectivity index (χ0n) is 13.0. The summed E-state index contributed by atoms with van der Waals surface area (Å²) in [6.45, 7) is 0.210. The number of nitrogens with zero attached hydrogens (tertiary/aromatic N) is 3. The molecular formula is C17H13N5O3. The van der Waals surface area contributed by atoms with Crippen LogP contribution in [0, 0.1) is 0 Å². The largest absolute Gasteiger partial charge is 0.454 e. The molecule has 0 spiro atoms. The fourth-order valence-electron chi connectivity index (χ4n) is 2.31. The summed E-state index contributed by atoms with van der Waals surface area (Å²) < 4.78 is 10.6. The first kappa shape index (κ1) is 14.9. The van der Waals surface area contributed by atoms with Crippen molar-refractivity contribution in [3.05, 3.63) is 60.0 Å².